The van der Waals surface area contributed by atoms with E-state index in [9.17, 15) is 9.59 Å². The maximum Gasteiger partial charge on any atom is 0.312 e. The predicted molar refractivity (Wildman–Crippen MR) is 67.8 cm³/mol. The summed E-state index contributed by atoms with van der Waals surface area (Å²) in [6.07, 6.45) is 2.93. The first-order valence-corrected chi connectivity index (χ1v) is 5.17. The van der Waals surface area contributed by atoms with E-state index in [1.807, 2.05) is 0 Å². The number of primary amides is 1. The van der Waals surface area contributed by atoms with E-state index in [4.69, 9.17) is 11.5 Å². The Bertz CT molecular complexity index is 195. The van der Waals surface area contributed by atoms with Gasteiger partial charge in [0.15, 0.2) is 0 Å². The molecule has 92 valence electrons. The number of hydrogen-bond acceptors (Lipinski definition) is 4. The molecule has 0 radical (unpaired) electrons. The highest BCUT2D eigenvalue weighted by molar-refractivity contribution is 8.13. The fourth-order valence-corrected chi connectivity index (χ4v) is 1.22. The van der Waals surface area contributed by atoms with Gasteiger partial charge >= 0.3 is 6.03 Å². The van der Waals surface area contributed by atoms with Crippen molar-refractivity contribution in [3.63, 3.8) is 0 Å². The van der Waals surface area contributed by atoms with Crippen molar-refractivity contribution in [3.8, 4) is 0 Å². The van der Waals surface area contributed by atoms with Gasteiger partial charge in [0.25, 0.3) is 0 Å². The number of carbonyl (C=O) groups is 2. The predicted octanol–water partition coefficient (Wildman–Crippen LogP) is 0.495. The summed E-state index contributed by atoms with van der Waals surface area (Å²) in [7, 11) is 0. The Labute approximate surface area is 106 Å². The van der Waals surface area contributed by atoms with Crippen LogP contribution < -0.4 is 16.8 Å². The smallest absolute Gasteiger partial charge is 0.312 e. The molecule has 0 bridgehead atoms. The van der Waals surface area contributed by atoms with Gasteiger partial charge in [0, 0.05) is 6.54 Å². The van der Waals surface area contributed by atoms with E-state index in [1.165, 1.54) is 0 Å². The molecule has 0 spiro atoms. The zero-order valence-corrected chi connectivity index (χ0v) is 10.8. The molecule has 2 amide bonds. The number of thioether (sulfide) groups is 1. The topological polar surface area (TPSA) is 98.2 Å². The highest BCUT2D eigenvalue weighted by Gasteiger charge is 2.10. The summed E-state index contributed by atoms with van der Waals surface area (Å²) in [6, 6.07) is -0.991. The molecular formula is C7H17Cl2N3O2S. The van der Waals surface area contributed by atoms with Crippen molar-refractivity contribution in [2.24, 2.45) is 11.5 Å². The summed E-state index contributed by atoms with van der Waals surface area (Å²) in [5.41, 5.74) is 10.4. The van der Waals surface area contributed by atoms with Crippen molar-refractivity contribution >= 4 is 47.7 Å². The molecule has 8 heteroatoms. The van der Waals surface area contributed by atoms with Crippen molar-refractivity contribution in [1.29, 1.82) is 0 Å². The Morgan fingerprint density at radius 1 is 1.40 bits per heavy atom. The molecule has 0 heterocycles. The number of hydrogen-bond donors (Lipinski definition) is 3. The van der Waals surface area contributed by atoms with E-state index in [-0.39, 0.29) is 29.9 Å². The van der Waals surface area contributed by atoms with Gasteiger partial charge in [0.1, 0.15) is 0 Å². The summed E-state index contributed by atoms with van der Waals surface area (Å²) in [5.74, 6) is 0. The zero-order valence-electron chi connectivity index (χ0n) is 8.39. The molecule has 0 aliphatic heterocycles. The highest BCUT2D eigenvalue weighted by Crippen LogP contribution is 2.03. The van der Waals surface area contributed by atoms with E-state index >= 15 is 0 Å². The maximum absolute atomic E-state index is 11.0. The summed E-state index contributed by atoms with van der Waals surface area (Å²) in [5, 5.41) is 2.39. The van der Waals surface area contributed by atoms with Gasteiger partial charge in [0.05, 0.1) is 6.04 Å². The van der Waals surface area contributed by atoms with E-state index in [1.54, 1.807) is 6.26 Å². The number of urea groups is 1. The van der Waals surface area contributed by atoms with E-state index in [0.717, 1.165) is 11.8 Å². The number of rotatable bonds is 5. The Morgan fingerprint density at radius 2 is 1.93 bits per heavy atom. The molecule has 0 aromatic carbocycles. The van der Waals surface area contributed by atoms with Gasteiger partial charge in [-0.15, -0.1) is 24.8 Å². The molecule has 0 aromatic heterocycles. The average Bonchev–Trinajstić information content (AvgIpc) is 2.10. The van der Waals surface area contributed by atoms with Gasteiger partial charge in [-0.25, -0.2) is 4.79 Å². The average molecular weight is 278 g/mol. The summed E-state index contributed by atoms with van der Waals surface area (Å²) in [4.78, 5) is 21.2. The van der Waals surface area contributed by atoms with E-state index < -0.39 is 12.1 Å². The maximum atomic E-state index is 11.0. The van der Waals surface area contributed by atoms with Crippen molar-refractivity contribution in [1.82, 2.24) is 5.32 Å². The monoisotopic (exact) mass is 277 g/mol. The minimum absolute atomic E-state index is 0. The molecule has 15 heavy (non-hydrogen) atoms. The number of amides is 2. The lowest BCUT2D eigenvalue weighted by Gasteiger charge is -2.07. The van der Waals surface area contributed by atoms with Crippen LogP contribution in [0.1, 0.15) is 12.8 Å². The number of halogens is 2. The lowest BCUT2D eigenvalue weighted by atomic mass is 10.2. The Morgan fingerprint density at radius 3 is 2.33 bits per heavy atom. The normalized spacial score (nSPS) is 10.5. The second kappa shape index (κ2) is 11.9. The SMILES string of the molecule is CSC(=O)[C@@H](N)CCCNC(N)=O.Cl.Cl. The van der Waals surface area contributed by atoms with E-state index in [0.29, 0.717) is 19.4 Å². The van der Waals surface area contributed by atoms with Crippen LogP contribution in [0, 0.1) is 0 Å². The number of nitrogens with one attached hydrogen (secondary N) is 1. The summed E-state index contributed by atoms with van der Waals surface area (Å²) < 4.78 is 0. The fourth-order valence-electron chi connectivity index (χ4n) is 0.803. The molecule has 0 aromatic rings. The fraction of sp³-hybridized carbons (Fsp3) is 0.714. The van der Waals surface area contributed by atoms with Gasteiger partial charge in [-0.3, -0.25) is 4.79 Å². The zero-order chi connectivity index (χ0) is 10.3. The van der Waals surface area contributed by atoms with Gasteiger partial charge < -0.3 is 16.8 Å². The molecule has 0 rings (SSSR count). The molecular weight excluding hydrogens is 261 g/mol. The molecule has 0 saturated heterocycles. The van der Waals surface area contributed by atoms with E-state index in [2.05, 4.69) is 5.32 Å². The van der Waals surface area contributed by atoms with Crippen LogP contribution in [0.4, 0.5) is 4.79 Å². The second-order valence-corrected chi connectivity index (χ2v) is 3.37. The van der Waals surface area contributed by atoms with Crippen molar-refractivity contribution in [3.05, 3.63) is 0 Å². The quantitative estimate of drug-likeness (QED) is 0.637. The van der Waals surface area contributed by atoms with Gasteiger partial charge in [-0.2, -0.15) is 0 Å². The summed E-state index contributed by atoms with van der Waals surface area (Å²) in [6.45, 7) is 0.463. The van der Waals surface area contributed by atoms with Gasteiger partial charge in [-0.1, -0.05) is 11.8 Å². The Kier molecular flexibility index (Phi) is 16.1. The number of nitrogens with two attached hydrogens (primary N) is 2. The van der Waals surface area contributed by atoms with Crippen LogP contribution in [0.3, 0.4) is 0 Å². The van der Waals surface area contributed by atoms with Crippen LogP contribution in [-0.2, 0) is 4.79 Å². The van der Waals surface area contributed by atoms with Gasteiger partial charge in [-0.05, 0) is 19.1 Å². The minimum atomic E-state index is -0.551. The molecule has 0 aliphatic rings. The van der Waals surface area contributed by atoms with Crippen LogP contribution in [-0.4, -0.2) is 30.0 Å². The minimum Gasteiger partial charge on any atom is -0.352 e. The summed E-state index contributed by atoms with van der Waals surface area (Å²) >= 11 is 1.12. The van der Waals surface area contributed by atoms with Crippen LogP contribution in [0.15, 0.2) is 0 Å². The molecule has 0 aliphatic carbocycles. The Balaban J connectivity index is -0.000000720. The third kappa shape index (κ3) is 11.8. The first-order valence-electron chi connectivity index (χ1n) is 3.94. The molecule has 0 saturated carbocycles. The largest absolute Gasteiger partial charge is 0.352 e. The second-order valence-electron chi connectivity index (χ2n) is 2.56. The van der Waals surface area contributed by atoms with Gasteiger partial charge in [0.2, 0.25) is 5.12 Å². The third-order valence-electron chi connectivity index (χ3n) is 1.50. The standard InChI is InChI=1S/C7H15N3O2S.2ClH/c1-13-6(11)5(8)3-2-4-10-7(9)12;;/h5H,2-4,8H2,1H3,(H3,9,10,12);2*1H/t5-;;/m0../s1. The lowest BCUT2D eigenvalue weighted by molar-refractivity contribution is -0.112. The van der Waals surface area contributed by atoms with Crippen LogP contribution >= 0.6 is 36.6 Å². The Hall–Kier alpha value is -0.170. The van der Waals surface area contributed by atoms with Crippen LogP contribution in [0.5, 0.6) is 0 Å². The molecule has 1 atom stereocenters. The third-order valence-corrected chi connectivity index (χ3v) is 2.20. The molecule has 0 fully saturated rings. The first-order chi connectivity index (χ1) is 6.07. The lowest BCUT2D eigenvalue weighted by Crippen LogP contribution is -2.32. The first kappa shape index (κ1) is 20.3. The molecule has 5 N–H and O–H groups in total. The van der Waals surface area contributed by atoms with Crippen LogP contribution in [0.2, 0.25) is 0 Å². The highest BCUT2D eigenvalue weighted by atomic mass is 35.5. The number of carbonyl (C=O) groups excluding carboxylic acids is 2. The molecule has 0 unspecified atom stereocenters. The van der Waals surface area contributed by atoms with Crippen LogP contribution in [0.25, 0.3) is 0 Å². The van der Waals surface area contributed by atoms with Crippen molar-refractivity contribution < 1.29 is 9.59 Å². The molecule has 5 nitrogen and oxygen atoms in total. The van der Waals surface area contributed by atoms with Crippen molar-refractivity contribution in [2.45, 2.75) is 18.9 Å². The van der Waals surface area contributed by atoms with Crippen molar-refractivity contribution in [2.75, 3.05) is 12.8 Å².